The molecule has 0 atom stereocenters. The Balaban J connectivity index is 2.19. The van der Waals surface area contributed by atoms with Crippen molar-refractivity contribution in [3.8, 4) is 0 Å². The third kappa shape index (κ3) is 6.89. The minimum atomic E-state index is -0.127. The summed E-state index contributed by atoms with van der Waals surface area (Å²) >= 11 is 3.45. The highest BCUT2D eigenvalue weighted by molar-refractivity contribution is 9.10. The van der Waals surface area contributed by atoms with Crippen molar-refractivity contribution in [2.24, 2.45) is 0 Å². The van der Waals surface area contributed by atoms with Crippen molar-refractivity contribution in [2.75, 3.05) is 6.61 Å². The van der Waals surface area contributed by atoms with Crippen molar-refractivity contribution in [3.63, 3.8) is 0 Å². The molecule has 0 aliphatic rings. The van der Waals surface area contributed by atoms with E-state index in [1.807, 2.05) is 32.0 Å². The SMILES string of the molecule is CCOC(=O)CCCCCCC(=O)c1ccc(C)c(Br)c1. The van der Waals surface area contributed by atoms with E-state index >= 15 is 0 Å². The van der Waals surface area contributed by atoms with Gasteiger partial charge in [-0.25, -0.2) is 0 Å². The number of ketones is 1. The van der Waals surface area contributed by atoms with E-state index in [9.17, 15) is 9.59 Å². The second-order valence-corrected chi connectivity index (χ2v) is 5.96. The van der Waals surface area contributed by atoms with Crippen LogP contribution < -0.4 is 0 Å². The van der Waals surface area contributed by atoms with Gasteiger partial charge < -0.3 is 4.74 Å². The second-order valence-electron chi connectivity index (χ2n) is 5.11. The van der Waals surface area contributed by atoms with Crippen molar-refractivity contribution < 1.29 is 14.3 Å². The van der Waals surface area contributed by atoms with Gasteiger partial charge in [0.2, 0.25) is 0 Å². The van der Waals surface area contributed by atoms with Crippen LogP contribution in [0.5, 0.6) is 0 Å². The maximum atomic E-state index is 12.0. The molecule has 1 rings (SSSR count). The van der Waals surface area contributed by atoms with Crippen molar-refractivity contribution in [1.29, 1.82) is 0 Å². The van der Waals surface area contributed by atoms with Gasteiger partial charge in [0.15, 0.2) is 5.78 Å². The van der Waals surface area contributed by atoms with Crippen LogP contribution in [0.3, 0.4) is 0 Å². The number of aryl methyl sites for hydroxylation is 1. The van der Waals surface area contributed by atoms with Gasteiger partial charge in [-0.05, 0) is 38.3 Å². The normalized spacial score (nSPS) is 10.4. The summed E-state index contributed by atoms with van der Waals surface area (Å²) in [5, 5.41) is 0. The quantitative estimate of drug-likeness (QED) is 0.362. The van der Waals surface area contributed by atoms with Crippen LogP contribution in [0.4, 0.5) is 0 Å². The van der Waals surface area contributed by atoms with Crippen molar-refractivity contribution in [2.45, 2.75) is 52.4 Å². The molecule has 0 heterocycles. The van der Waals surface area contributed by atoms with Gasteiger partial charge in [-0.2, -0.15) is 0 Å². The molecule has 0 aliphatic heterocycles. The Bertz CT molecular complexity index is 483. The lowest BCUT2D eigenvalue weighted by Gasteiger charge is -2.04. The largest absolute Gasteiger partial charge is 0.466 e. The number of hydrogen-bond acceptors (Lipinski definition) is 3. The summed E-state index contributed by atoms with van der Waals surface area (Å²) in [7, 11) is 0. The van der Waals surface area contributed by atoms with Crippen LogP contribution in [0.15, 0.2) is 22.7 Å². The van der Waals surface area contributed by atoms with E-state index in [0.717, 1.165) is 41.3 Å². The molecule has 0 spiro atoms. The molecule has 0 N–H and O–H groups in total. The molecule has 21 heavy (non-hydrogen) atoms. The summed E-state index contributed by atoms with van der Waals surface area (Å²) in [6, 6.07) is 5.72. The number of hydrogen-bond donors (Lipinski definition) is 0. The Morgan fingerprint density at radius 2 is 1.76 bits per heavy atom. The first kappa shape index (κ1) is 17.9. The number of benzene rings is 1. The number of halogens is 1. The van der Waals surface area contributed by atoms with Gasteiger partial charge in [-0.1, -0.05) is 40.9 Å². The van der Waals surface area contributed by atoms with E-state index in [0.29, 0.717) is 19.4 Å². The smallest absolute Gasteiger partial charge is 0.305 e. The highest BCUT2D eigenvalue weighted by Crippen LogP contribution is 2.19. The fourth-order valence-electron chi connectivity index (χ4n) is 2.05. The minimum Gasteiger partial charge on any atom is -0.466 e. The van der Waals surface area contributed by atoms with Gasteiger partial charge in [-0.15, -0.1) is 0 Å². The number of esters is 1. The molecule has 0 amide bonds. The lowest BCUT2D eigenvalue weighted by molar-refractivity contribution is -0.143. The Labute approximate surface area is 135 Å². The third-order valence-electron chi connectivity index (χ3n) is 3.33. The minimum absolute atomic E-state index is 0.127. The number of Topliss-reactive ketones (excluding diaryl/α,β-unsaturated/α-hetero) is 1. The molecule has 0 saturated heterocycles. The van der Waals surface area contributed by atoms with Gasteiger partial charge in [0.05, 0.1) is 6.61 Å². The standard InChI is InChI=1S/C17H23BrO3/c1-3-21-17(20)9-7-5-4-6-8-16(19)14-11-10-13(2)15(18)12-14/h10-12H,3-9H2,1-2H3. The molecule has 0 aromatic heterocycles. The molecule has 3 nitrogen and oxygen atoms in total. The molecule has 0 bridgehead atoms. The molecule has 0 unspecified atom stereocenters. The molecule has 1 aromatic rings. The fraction of sp³-hybridized carbons (Fsp3) is 0.529. The zero-order chi connectivity index (χ0) is 15.7. The summed E-state index contributed by atoms with van der Waals surface area (Å²) < 4.78 is 5.84. The Kier molecular flexibility index (Phi) is 8.28. The number of unbranched alkanes of at least 4 members (excludes halogenated alkanes) is 3. The lowest BCUT2D eigenvalue weighted by atomic mass is 10.0. The molecule has 116 valence electrons. The molecule has 1 aromatic carbocycles. The summed E-state index contributed by atoms with van der Waals surface area (Å²) in [5.41, 5.74) is 1.89. The monoisotopic (exact) mass is 354 g/mol. The molecule has 0 radical (unpaired) electrons. The van der Waals surface area contributed by atoms with Gasteiger partial charge in [0, 0.05) is 22.9 Å². The van der Waals surface area contributed by atoms with Crippen LogP contribution >= 0.6 is 15.9 Å². The highest BCUT2D eigenvalue weighted by atomic mass is 79.9. The Morgan fingerprint density at radius 1 is 1.10 bits per heavy atom. The summed E-state index contributed by atoms with van der Waals surface area (Å²) in [6.07, 6.45) is 4.68. The van der Waals surface area contributed by atoms with Gasteiger partial charge in [-0.3, -0.25) is 9.59 Å². The number of rotatable bonds is 9. The Hall–Kier alpha value is -1.16. The van der Waals surface area contributed by atoms with Crippen LogP contribution in [0.1, 0.15) is 61.4 Å². The second kappa shape index (κ2) is 9.72. The molecular formula is C17H23BrO3. The number of ether oxygens (including phenoxy) is 1. The zero-order valence-corrected chi connectivity index (χ0v) is 14.4. The van der Waals surface area contributed by atoms with E-state index in [4.69, 9.17) is 4.74 Å². The van der Waals surface area contributed by atoms with E-state index in [1.165, 1.54) is 0 Å². The molecular weight excluding hydrogens is 332 g/mol. The van der Waals surface area contributed by atoms with Crippen LogP contribution in [0.2, 0.25) is 0 Å². The van der Waals surface area contributed by atoms with Crippen LogP contribution in [0, 0.1) is 6.92 Å². The van der Waals surface area contributed by atoms with E-state index in [2.05, 4.69) is 15.9 Å². The van der Waals surface area contributed by atoms with E-state index in [-0.39, 0.29) is 11.8 Å². The first-order valence-corrected chi connectivity index (χ1v) is 8.29. The van der Waals surface area contributed by atoms with Gasteiger partial charge in [0.1, 0.15) is 0 Å². The van der Waals surface area contributed by atoms with Gasteiger partial charge >= 0.3 is 5.97 Å². The maximum Gasteiger partial charge on any atom is 0.305 e. The number of carbonyl (C=O) groups is 2. The summed E-state index contributed by atoms with van der Waals surface area (Å²) in [6.45, 7) is 4.26. The summed E-state index contributed by atoms with van der Waals surface area (Å²) in [5.74, 6) is 0.0548. The highest BCUT2D eigenvalue weighted by Gasteiger charge is 2.07. The number of carbonyl (C=O) groups excluding carboxylic acids is 2. The molecule has 4 heteroatoms. The lowest BCUT2D eigenvalue weighted by Crippen LogP contribution is -2.03. The maximum absolute atomic E-state index is 12.0. The summed E-state index contributed by atoms with van der Waals surface area (Å²) in [4.78, 5) is 23.2. The predicted molar refractivity (Wildman–Crippen MR) is 87.5 cm³/mol. The average molecular weight is 355 g/mol. The predicted octanol–water partition coefficient (Wildman–Crippen LogP) is 4.84. The van der Waals surface area contributed by atoms with Crippen molar-refractivity contribution in [3.05, 3.63) is 33.8 Å². The van der Waals surface area contributed by atoms with Crippen LogP contribution in [0.25, 0.3) is 0 Å². The molecule has 0 saturated carbocycles. The zero-order valence-electron chi connectivity index (χ0n) is 12.8. The molecule has 0 aliphatic carbocycles. The first-order valence-electron chi connectivity index (χ1n) is 7.49. The van der Waals surface area contributed by atoms with Gasteiger partial charge in [0.25, 0.3) is 0 Å². The first-order chi connectivity index (χ1) is 10.0. The fourth-order valence-corrected chi connectivity index (χ4v) is 2.43. The Morgan fingerprint density at radius 3 is 2.38 bits per heavy atom. The third-order valence-corrected chi connectivity index (χ3v) is 4.19. The van der Waals surface area contributed by atoms with Crippen LogP contribution in [-0.2, 0) is 9.53 Å². The van der Waals surface area contributed by atoms with Crippen LogP contribution in [-0.4, -0.2) is 18.4 Å². The van der Waals surface area contributed by atoms with Crippen molar-refractivity contribution in [1.82, 2.24) is 0 Å². The van der Waals surface area contributed by atoms with E-state index in [1.54, 1.807) is 0 Å². The topological polar surface area (TPSA) is 43.4 Å². The molecule has 0 fully saturated rings. The average Bonchev–Trinajstić information content (AvgIpc) is 2.45. The van der Waals surface area contributed by atoms with E-state index < -0.39 is 0 Å². The van der Waals surface area contributed by atoms with Crippen molar-refractivity contribution >= 4 is 27.7 Å².